The summed E-state index contributed by atoms with van der Waals surface area (Å²) in [5, 5.41) is 8.96. The number of likely N-dealkylation sites (N-methyl/N-ethyl adjacent to an activating group) is 1. The highest BCUT2D eigenvalue weighted by atomic mass is 32.2. The first-order valence-electron chi connectivity index (χ1n) is 5.33. The van der Waals surface area contributed by atoms with Gasteiger partial charge < -0.3 is 10.0 Å². The second kappa shape index (κ2) is 6.89. The second-order valence-electron chi connectivity index (χ2n) is 3.81. The summed E-state index contributed by atoms with van der Waals surface area (Å²) in [7, 11) is 1.99. The number of halogens is 1. The minimum atomic E-state index is -0.199. The zero-order valence-corrected chi connectivity index (χ0v) is 10.5. The lowest BCUT2D eigenvalue weighted by atomic mass is 10.3. The van der Waals surface area contributed by atoms with E-state index < -0.39 is 0 Å². The van der Waals surface area contributed by atoms with Gasteiger partial charge in [0.1, 0.15) is 5.82 Å². The SMILES string of the molecule is CC(CO)N(C)CCSc1ccc(F)cc1. The van der Waals surface area contributed by atoms with E-state index in [0.717, 1.165) is 17.2 Å². The lowest BCUT2D eigenvalue weighted by Crippen LogP contribution is -2.33. The number of hydrogen-bond acceptors (Lipinski definition) is 3. The number of nitrogens with zero attached hydrogens (tertiary/aromatic N) is 1. The Hall–Kier alpha value is -0.580. The molecule has 0 saturated carbocycles. The van der Waals surface area contributed by atoms with Crippen molar-refractivity contribution >= 4 is 11.8 Å². The number of hydrogen-bond donors (Lipinski definition) is 1. The van der Waals surface area contributed by atoms with E-state index in [1.807, 2.05) is 14.0 Å². The smallest absolute Gasteiger partial charge is 0.123 e. The molecule has 1 aromatic rings. The number of thioether (sulfide) groups is 1. The van der Waals surface area contributed by atoms with Crippen molar-refractivity contribution in [2.45, 2.75) is 17.9 Å². The van der Waals surface area contributed by atoms with Crippen LogP contribution in [0.15, 0.2) is 29.2 Å². The molecule has 0 aliphatic heterocycles. The first-order valence-corrected chi connectivity index (χ1v) is 6.31. The van der Waals surface area contributed by atoms with Crippen molar-refractivity contribution < 1.29 is 9.50 Å². The van der Waals surface area contributed by atoms with Crippen LogP contribution in [0, 0.1) is 5.82 Å². The molecule has 1 aromatic carbocycles. The van der Waals surface area contributed by atoms with E-state index in [1.165, 1.54) is 12.1 Å². The van der Waals surface area contributed by atoms with Gasteiger partial charge in [0, 0.05) is 23.2 Å². The van der Waals surface area contributed by atoms with Crippen molar-refractivity contribution in [1.82, 2.24) is 4.90 Å². The molecule has 0 aliphatic rings. The van der Waals surface area contributed by atoms with Crippen LogP contribution in [0.2, 0.25) is 0 Å². The van der Waals surface area contributed by atoms with E-state index in [9.17, 15) is 4.39 Å². The summed E-state index contributed by atoms with van der Waals surface area (Å²) in [6, 6.07) is 6.71. The highest BCUT2D eigenvalue weighted by molar-refractivity contribution is 7.99. The van der Waals surface area contributed by atoms with Crippen molar-refractivity contribution in [3.63, 3.8) is 0 Å². The second-order valence-corrected chi connectivity index (χ2v) is 4.98. The molecule has 4 heteroatoms. The molecule has 0 radical (unpaired) electrons. The maximum absolute atomic E-state index is 12.6. The van der Waals surface area contributed by atoms with Crippen LogP contribution >= 0.6 is 11.8 Å². The average molecular weight is 243 g/mol. The van der Waals surface area contributed by atoms with E-state index in [0.29, 0.717) is 0 Å². The minimum absolute atomic E-state index is 0.178. The van der Waals surface area contributed by atoms with Crippen molar-refractivity contribution in [3.8, 4) is 0 Å². The van der Waals surface area contributed by atoms with Gasteiger partial charge >= 0.3 is 0 Å². The minimum Gasteiger partial charge on any atom is -0.395 e. The third-order valence-corrected chi connectivity index (χ3v) is 3.54. The highest BCUT2D eigenvalue weighted by Gasteiger charge is 2.06. The highest BCUT2D eigenvalue weighted by Crippen LogP contribution is 2.18. The van der Waals surface area contributed by atoms with Crippen LogP contribution in [0.5, 0.6) is 0 Å². The predicted octanol–water partition coefficient (Wildman–Crippen LogP) is 2.23. The number of aliphatic hydroxyl groups excluding tert-OH is 1. The molecular formula is C12H18FNOS. The molecule has 16 heavy (non-hydrogen) atoms. The molecule has 0 spiro atoms. The Kier molecular flexibility index (Phi) is 5.80. The molecule has 0 heterocycles. The maximum atomic E-state index is 12.6. The van der Waals surface area contributed by atoms with Crippen molar-refractivity contribution in [1.29, 1.82) is 0 Å². The predicted molar refractivity (Wildman–Crippen MR) is 66.3 cm³/mol. The van der Waals surface area contributed by atoms with Gasteiger partial charge in [-0.2, -0.15) is 0 Å². The summed E-state index contributed by atoms with van der Waals surface area (Å²) >= 11 is 1.70. The van der Waals surface area contributed by atoms with Crippen LogP contribution in [0.25, 0.3) is 0 Å². The van der Waals surface area contributed by atoms with Gasteiger partial charge in [-0.1, -0.05) is 0 Å². The standard InChI is InChI=1S/C12H18FNOS/c1-10(9-15)14(2)7-8-16-12-5-3-11(13)4-6-12/h3-6,10,15H,7-9H2,1-2H3. The molecule has 0 fully saturated rings. The van der Waals surface area contributed by atoms with E-state index >= 15 is 0 Å². The largest absolute Gasteiger partial charge is 0.395 e. The first-order chi connectivity index (χ1) is 7.63. The Labute approximate surface area is 100 Å². The van der Waals surface area contributed by atoms with Gasteiger partial charge in [-0.15, -0.1) is 11.8 Å². The zero-order chi connectivity index (χ0) is 12.0. The fourth-order valence-electron chi connectivity index (χ4n) is 1.20. The number of aliphatic hydroxyl groups is 1. The molecule has 1 rings (SSSR count). The van der Waals surface area contributed by atoms with Gasteiger partial charge in [0.05, 0.1) is 6.61 Å². The van der Waals surface area contributed by atoms with Gasteiger partial charge in [0.15, 0.2) is 0 Å². The van der Waals surface area contributed by atoms with Gasteiger partial charge in [-0.05, 0) is 38.2 Å². The maximum Gasteiger partial charge on any atom is 0.123 e. The number of rotatable bonds is 6. The first kappa shape index (κ1) is 13.5. The molecule has 0 aromatic heterocycles. The van der Waals surface area contributed by atoms with Crippen molar-refractivity contribution in [3.05, 3.63) is 30.1 Å². The molecule has 2 nitrogen and oxygen atoms in total. The molecule has 0 amide bonds. The molecule has 1 unspecified atom stereocenters. The third kappa shape index (κ3) is 4.51. The lowest BCUT2D eigenvalue weighted by molar-refractivity contribution is 0.165. The van der Waals surface area contributed by atoms with Crippen LogP contribution < -0.4 is 0 Å². The van der Waals surface area contributed by atoms with Crippen LogP contribution in [-0.2, 0) is 0 Å². The van der Waals surface area contributed by atoms with Crippen LogP contribution in [0.1, 0.15) is 6.92 Å². The van der Waals surface area contributed by atoms with Gasteiger partial charge in [-0.3, -0.25) is 0 Å². The van der Waals surface area contributed by atoms with Gasteiger partial charge in [0.25, 0.3) is 0 Å². The molecule has 0 aliphatic carbocycles. The lowest BCUT2D eigenvalue weighted by Gasteiger charge is -2.22. The summed E-state index contributed by atoms with van der Waals surface area (Å²) in [5.74, 6) is 0.738. The summed E-state index contributed by atoms with van der Waals surface area (Å²) in [6.45, 7) is 3.07. The Bertz CT molecular complexity index is 304. The molecular weight excluding hydrogens is 225 g/mol. The Morgan fingerprint density at radius 1 is 1.38 bits per heavy atom. The molecule has 1 atom stereocenters. The molecule has 1 N–H and O–H groups in total. The summed E-state index contributed by atoms with van der Waals surface area (Å²) in [4.78, 5) is 3.18. The summed E-state index contributed by atoms with van der Waals surface area (Å²) in [5.41, 5.74) is 0. The van der Waals surface area contributed by atoms with Gasteiger partial charge in [0.2, 0.25) is 0 Å². The molecule has 0 saturated heterocycles. The Morgan fingerprint density at radius 3 is 2.56 bits per heavy atom. The van der Waals surface area contributed by atoms with Crippen molar-refractivity contribution in [2.75, 3.05) is 26.0 Å². The van der Waals surface area contributed by atoms with Crippen LogP contribution in [-0.4, -0.2) is 42.0 Å². The Balaban J connectivity index is 2.27. The fraction of sp³-hybridized carbons (Fsp3) is 0.500. The van der Waals surface area contributed by atoms with E-state index in [2.05, 4.69) is 4.90 Å². The van der Waals surface area contributed by atoms with E-state index in [-0.39, 0.29) is 18.5 Å². The number of benzene rings is 1. The third-order valence-electron chi connectivity index (χ3n) is 2.54. The normalized spacial score (nSPS) is 13.1. The molecule has 0 bridgehead atoms. The fourth-order valence-corrected chi connectivity index (χ4v) is 2.14. The topological polar surface area (TPSA) is 23.5 Å². The average Bonchev–Trinajstić information content (AvgIpc) is 2.30. The Morgan fingerprint density at radius 2 is 2.00 bits per heavy atom. The van der Waals surface area contributed by atoms with E-state index in [1.54, 1.807) is 23.9 Å². The quantitative estimate of drug-likeness (QED) is 0.775. The van der Waals surface area contributed by atoms with Gasteiger partial charge in [-0.25, -0.2) is 4.39 Å². The summed E-state index contributed by atoms with van der Waals surface area (Å²) < 4.78 is 12.6. The monoisotopic (exact) mass is 243 g/mol. The van der Waals surface area contributed by atoms with Crippen LogP contribution in [0.4, 0.5) is 4.39 Å². The van der Waals surface area contributed by atoms with Crippen LogP contribution in [0.3, 0.4) is 0 Å². The van der Waals surface area contributed by atoms with E-state index in [4.69, 9.17) is 5.11 Å². The summed E-state index contributed by atoms with van der Waals surface area (Å²) in [6.07, 6.45) is 0. The molecule has 90 valence electrons. The zero-order valence-electron chi connectivity index (χ0n) is 9.69. The van der Waals surface area contributed by atoms with Crippen molar-refractivity contribution in [2.24, 2.45) is 0 Å².